The maximum Gasteiger partial charge on any atom is 0.254 e. The lowest BCUT2D eigenvalue weighted by molar-refractivity contribution is 0.0950. The van der Waals surface area contributed by atoms with Crippen molar-refractivity contribution in [1.82, 2.24) is 20.0 Å². The van der Waals surface area contributed by atoms with Crippen LogP contribution < -0.4 is 5.32 Å². The maximum absolute atomic E-state index is 12.3. The topological polar surface area (TPSA) is 50.2 Å². The van der Waals surface area contributed by atoms with Crippen molar-refractivity contribution >= 4 is 5.91 Å². The van der Waals surface area contributed by atoms with E-state index in [-0.39, 0.29) is 5.91 Å². The zero-order chi connectivity index (χ0) is 15.9. The second-order valence-corrected chi connectivity index (χ2v) is 5.56. The fourth-order valence-corrected chi connectivity index (χ4v) is 2.35. The Morgan fingerprint density at radius 3 is 2.64 bits per heavy atom. The summed E-state index contributed by atoms with van der Waals surface area (Å²) in [5, 5.41) is 7.34. The predicted octanol–water partition coefficient (Wildman–Crippen LogP) is 1.79. The first-order chi connectivity index (χ1) is 10.6. The quantitative estimate of drug-likeness (QED) is 0.848. The van der Waals surface area contributed by atoms with Gasteiger partial charge in [0.25, 0.3) is 5.91 Å². The molecular formula is C17H24N4O. The van der Waals surface area contributed by atoms with E-state index in [9.17, 15) is 4.79 Å². The molecule has 1 N–H and O–H groups in total. The molecule has 1 amide bonds. The molecular weight excluding hydrogens is 276 g/mol. The summed E-state index contributed by atoms with van der Waals surface area (Å²) in [6.07, 6.45) is 2.45. The van der Waals surface area contributed by atoms with E-state index in [1.54, 1.807) is 6.20 Å². The van der Waals surface area contributed by atoms with Gasteiger partial charge in [0.05, 0.1) is 24.0 Å². The van der Waals surface area contributed by atoms with Crippen LogP contribution in [0, 0.1) is 0 Å². The van der Waals surface area contributed by atoms with E-state index in [2.05, 4.69) is 29.5 Å². The lowest BCUT2D eigenvalue weighted by Crippen LogP contribution is -2.31. The Morgan fingerprint density at radius 1 is 1.27 bits per heavy atom. The van der Waals surface area contributed by atoms with Crippen molar-refractivity contribution < 1.29 is 4.79 Å². The summed E-state index contributed by atoms with van der Waals surface area (Å²) in [4.78, 5) is 14.3. The third-order valence-corrected chi connectivity index (χ3v) is 3.55. The van der Waals surface area contributed by atoms with Crippen LogP contribution in [0.2, 0.25) is 0 Å². The molecule has 0 saturated heterocycles. The molecule has 5 nitrogen and oxygen atoms in total. The number of hydrogen-bond acceptors (Lipinski definition) is 3. The van der Waals surface area contributed by atoms with E-state index in [1.165, 1.54) is 5.56 Å². The Morgan fingerprint density at radius 2 is 2.00 bits per heavy atom. The highest BCUT2D eigenvalue weighted by atomic mass is 16.1. The summed E-state index contributed by atoms with van der Waals surface area (Å²) in [6, 6.07) is 10.2. The number of carbonyl (C=O) groups excluding carboxylic acids is 1. The van der Waals surface area contributed by atoms with Gasteiger partial charge in [0.1, 0.15) is 0 Å². The number of nitrogens with zero attached hydrogens (tertiary/aromatic N) is 3. The van der Waals surface area contributed by atoms with Crippen LogP contribution in [0.3, 0.4) is 0 Å². The van der Waals surface area contributed by atoms with Gasteiger partial charge in [0, 0.05) is 13.1 Å². The molecule has 0 aliphatic carbocycles. The number of rotatable bonds is 7. The van der Waals surface area contributed by atoms with Crippen LogP contribution in [0.15, 0.2) is 36.5 Å². The highest BCUT2D eigenvalue weighted by Gasteiger charge is 2.16. The number of aromatic nitrogens is 2. The van der Waals surface area contributed by atoms with Gasteiger partial charge < -0.3 is 10.2 Å². The van der Waals surface area contributed by atoms with Crippen molar-refractivity contribution in [2.45, 2.75) is 19.9 Å². The molecule has 1 aromatic heterocycles. The number of likely N-dealkylation sites (N-methyl/N-ethyl adjacent to an activating group) is 1. The molecule has 2 aromatic rings. The van der Waals surface area contributed by atoms with Crippen molar-refractivity contribution in [3.05, 3.63) is 53.3 Å². The molecule has 22 heavy (non-hydrogen) atoms. The van der Waals surface area contributed by atoms with Crippen LogP contribution in [0.5, 0.6) is 0 Å². The Balaban J connectivity index is 2.08. The standard InChI is InChI=1S/C17H24N4O/c1-4-16-15(17(22)18-10-11-20(2)3)12-19-21(16)13-14-8-6-5-7-9-14/h5-9,12H,4,10-11,13H2,1-3H3,(H,18,22). The number of amides is 1. The minimum Gasteiger partial charge on any atom is -0.351 e. The second-order valence-electron chi connectivity index (χ2n) is 5.56. The molecule has 0 bridgehead atoms. The smallest absolute Gasteiger partial charge is 0.254 e. The highest BCUT2D eigenvalue weighted by Crippen LogP contribution is 2.12. The molecule has 0 unspecified atom stereocenters. The van der Waals surface area contributed by atoms with E-state index in [1.807, 2.05) is 41.9 Å². The van der Waals surface area contributed by atoms with Gasteiger partial charge in [-0.3, -0.25) is 9.48 Å². The second kappa shape index (κ2) is 7.75. The summed E-state index contributed by atoms with van der Waals surface area (Å²) in [7, 11) is 3.98. The third-order valence-electron chi connectivity index (χ3n) is 3.55. The Bertz CT molecular complexity index is 604. The van der Waals surface area contributed by atoms with Gasteiger partial charge in [0.15, 0.2) is 0 Å². The molecule has 0 fully saturated rings. The first-order valence-corrected chi connectivity index (χ1v) is 7.63. The maximum atomic E-state index is 12.3. The van der Waals surface area contributed by atoms with Crippen molar-refractivity contribution in [3.8, 4) is 0 Å². The number of carbonyl (C=O) groups is 1. The first-order valence-electron chi connectivity index (χ1n) is 7.63. The lowest BCUT2D eigenvalue weighted by atomic mass is 10.1. The Labute approximate surface area is 131 Å². The number of hydrogen-bond donors (Lipinski definition) is 1. The summed E-state index contributed by atoms with van der Waals surface area (Å²) >= 11 is 0. The molecule has 1 aromatic carbocycles. The normalized spacial score (nSPS) is 10.9. The van der Waals surface area contributed by atoms with Gasteiger partial charge in [-0.05, 0) is 26.1 Å². The van der Waals surface area contributed by atoms with Crippen LogP contribution in [0.1, 0.15) is 28.5 Å². The van der Waals surface area contributed by atoms with Crippen LogP contribution in [0.25, 0.3) is 0 Å². The molecule has 118 valence electrons. The highest BCUT2D eigenvalue weighted by molar-refractivity contribution is 5.95. The SMILES string of the molecule is CCc1c(C(=O)NCCN(C)C)cnn1Cc1ccccc1. The van der Waals surface area contributed by atoms with Crippen molar-refractivity contribution in [3.63, 3.8) is 0 Å². The van der Waals surface area contributed by atoms with Crippen LogP contribution in [-0.4, -0.2) is 47.8 Å². The van der Waals surface area contributed by atoms with Crippen molar-refractivity contribution in [2.75, 3.05) is 27.2 Å². The van der Waals surface area contributed by atoms with Crippen LogP contribution >= 0.6 is 0 Å². The van der Waals surface area contributed by atoms with E-state index in [0.717, 1.165) is 18.7 Å². The zero-order valence-electron chi connectivity index (χ0n) is 13.5. The van der Waals surface area contributed by atoms with Gasteiger partial charge in [0.2, 0.25) is 0 Å². The molecule has 0 radical (unpaired) electrons. The fourth-order valence-electron chi connectivity index (χ4n) is 2.35. The van der Waals surface area contributed by atoms with Gasteiger partial charge in [-0.25, -0.2) is 0 Å². The van der Waals surface area contributed by atoms with Gasteiger partial charge in [-0.1, -0.05) is 37.3 Å². The zero-order valence-corrected chi connectivity index (χ0v) is 13.5. The van der Waals surface area contributed by atoms with E-state index < -0.39 is 0 Å². The molecule has 2 rings (SSSR count). The van der Waals surface area contributed by atoms with E-state index >= 15 is 0 Å². The molecule has 0 spiro atoms. The summed E-state index contributed by atoms with van der Waals surface area (Å²) in [5.74, 6) is -0.0435. The average Bonchev–Trinajstić information content (AvgIpc) is 2.90. The van der Waals surface area contributed by atoms with Crippen LogP contribution in [0.4, 0.5) is 0 Å². The van der Waals surface area contributed by atoms with Gasteiger partial charge >= 0.3 is 0 Å². The monoisotopic (exact) mass is 300 g/mol. The van der Waals surface area contributed by atoms with Crippen molar-refractivity contribution in [1.29, 1.82) is 0 Å². The van der Waals surface area contributed by atoms with Crippen LogP contribution in [-0.2, 0) is 13.0 Å². The van der Waals surface area contributed by atoms with E-state index in [4.69, 9.17) is 0 Å². The van der Waals surface area contributed by atoms with Gasteiger partial charge in [-0.15, -0.1) is 0 Å². The number of benzene rings is 1. The average molecular weight is 300 g/mol. The molecule has 0 atom stereocenters. The predicted molar refractivity (Wildman–Crippen MR) is 88.0 cm³/mol. The minimum absolute atomic E-state index is 0.0435. The lowest BCUT2D eigenvalue weighted by Gasteiger charge is -2.11. The molecule has 5 heteroatoms. The van der Waals surface area contributed by atoms with E-state index in [0.29, 0.717) is 18.7 Å². The fraction of sp³-hybridized carbons (Fsp3) is 0.412. The van der Waals surface area contributed by atoms with Crippen molar-refractivity contribution in [2.24, 2.45) is 0 Å². The summed E-state index contributed by atoms with van der Waals surface area (Å²) in [6.45, 7) is 4.20. The molecule has 1 heterocycles. The number of nitrogens with one attached hydrogen (secondary N) is 1. The molecule has 0 aliphatic heterocycles. The molecule has 0 saturated carbocycles. The largest absolute Gasteiger partial charge is 0.351 e. The minimum atomic E-state index is -0.0435. The first kappa shape index (κ1) is 16.2. The Kier molecular flexibility index (Phi) is 5.72. The third kappa shape index (κ3) is 4.18. The molecule has 0 aliphatic rings. The Hall–Kier alpha value is -2.14. The summed E-state index contributed by atoms with van der Waals surface area (Å²) in [5.41, 5.74) is 2.84. The van der Waals surface area contributed by atoms with Gasteiger partial charge in [-0.2, -0.15) is 5.10 Å². The summed E-state index contributed by atoms with van der Waals surface area (Å²) < 4.78 is 1.91.